The van der Waals surface area contributed by atoms with Crippen molar-refractivity contribution < 1.29 is 5.11 Å². The van der Waals surface area contributed by atoms with E-state index in [-0.39, 0.29) is 0 Å². The van der Waals surface area contributed by atoms with Gasteiger partial charge in [0.05, 0.1) is 5.39 Å². The summed E-state index contributed by atoms with van der Waals surface area (Å²) in [6.45, 7) is 3.44. The Bertz CT molecular complexity index is 808. The van der Waals surface area contributed by atoms with E-state index in [1.807, 2.05) is 5.38 Å². The minimum absolute atomic E-state index is 0.370. The molecule has 0 atom stereocenters. The number of thiophene rings is 1. The Hall–Kier alpha value is -2.13. The molecule has 2 N–H and O–H groups in total. The van der Waals surface area contributed by atoms with Gasteiger partial charge in [-0.15, -0.1) is 21.5 Å². The van der Waals surface area contributed by atoms with Gasteiger partial charge in [-0.25, -0.2) is 9.97 Å². The van der Waals surface area contributed by atoms with Crippen molar-refractivity contribution in [3.8, 4) is 0 Å². The van der Waals surface area contributed by atoms with Gasteiger partial charge in [-0.2, -0.15) is 5.21 Å². The Morgan fingerprint density at radius 3 is 2.87 bits per heavy atom. The summed E-state index contributed by atoms with van der Waals surface area (Å²) in [4.78, 5) is 12.5. The van der Waals surface area contributed by atoms with E-state index in [0.29, 0.717) is 31.8 Å². The maximum absolute atomic E-state index is 10.7. The van der Waals surface area contributed by atoms with Crippen LogP contribution in [0, 0.1) is 0 Å². The third kappa shape index (κ3) is 2.45. The molecule has 4 rings (SSSR count). The fraction of sp³-hybridized carbons (Fsp3) is 0.500. The number of hydrogen-bond acceptors (Lipinski definition) is 8. The molecule has 1 saturated heterocycles. The zero-order valence-electron chi connectivity index (χ0n) is 12.7. The van der Waals surface area contributed by atoms with Crippen LogP contribution in [0.4, 0.5) is 5.82 Å². The highest BCUT2D eigenvalue weighted by atomic mass is 32.1. The number of nitrogens with one attached hydrogen (secondary N) is 1. The van der Waals surface area contributed by atoms with Crippen molar-refractivity contribution in [1.29, 1.82) is 0 Å². The van der Waals surface area contributed by atoms with Gasteiger partial charge < -0.3 is 10.0 Å². The molecule has 1 aliphatic heterocycles. The van der Waals surface area contributed by atoms with Gasteiger partial charge in [-0.3, -0.25) is 0 Å². The highest BCUT2D eigenvalue weighted by Gasteiger charge is 2.38. The largest absolute Gasteiger partial charge is 0.382 e. The first-order chi connectivity index (χ1) is 11.2. The van der Waals surface area contributed by atoms with Crippen molar-refractivity contribution in [2.24, 2.45) is 0 Å². The molecule has 120 valence electrons. The molecule has 1 fully saturated rings. The molecular weight excluding hydrogens is 314 g/mol. The minimum Gasteiger partial charge on any atom is -0.382 e. The summed E-state index contributed by atoms with van der Waals surface area (Å²) in [5.74, 6) is 2.19. The normalized spacial score (nSPS) is 17.7. The highest BCUT2D eigenvalue weighted by molar-refractivity contribution is 7.16. The second kappa shape index (κ2) is 5.50. The van der Waals surface area contributed by atoms with Crippen molar-refractivity contribution in [1.82, 2.24) is 30.6 Å². The van der Waals surface area contributed by atoms with Crippen molar-refractivity contribution in [3.05, 3.63) is 23.1 Å². The van der Waals surface area contributed by atoms with Crippen LogP contribution in [-0.4, -0.2) is 48.8 Å². The summed E-state index contributed by atoms with van der Waals surface area (Å²) < 4.78 is 0. The first-order valence-electron chi connectivity index (χ1n) is 7.65. The van der Waals surface area contributed by atoms with Crippen LogP contribution in [0.2, 0.25) is 0 Å². The van der Waals surface area contributed by atoms with Crippen LogP contribution < -0.4 is 4.90 Å². The third-order valence-electron chi connectivity index (χ3n) is 4.32. The molecule has 8 nitrogen and oxygen atoms in total. The number of anilines is 1. The van der Waals surface area contributed by atoms with Gasteiger partial charge in [-0.05, 0) is 11.4 Å². The number of hydrogen-bond donors (Lipinski definition) is 2. The molecule has 0 spiro atoms. The highest BCUT2D eigenvalue weighted by Crippen LogP contribution is 2.35. The maximum Gasteiger partial charge on any atom is 0.206 e. The molecule has 23 heavy (non-hydrogen) atoms. The van der Waals surface area contributed by atoms with Crippen LogP contribution >= 0.6 is 11.3 Å². The lowest BCUT2D eigenvalue weighted by molar-refractivity contribution is 0.00311. The summed E-state index contributed by atoms with van der Waals surface area (Å²) >= 11 is 1.63. The lowest BCUT2D eigenvalue weighted by Gasteiger charge is -2.37. The molecule has 0 aromatic carbocycles. The van der Waals surface area contributed by atoms with Gasteiger partial charge in [0.1, 0.15) is 22.1 Å². The van der Waals surface area contributed by atoms with E-state index in [9.17, 15) is 5.11 Å². The minimum atomic E-state index is -1.02. The average molecular weight is 331 g/mol. The maximum atomic E-state index is 10.7. The van der Waals surface area contributed by atoms with Gasteiger partial charge in [0, 0.05) is 32.4 Å². The fourth-order valence-corrected chi connectivity index (χ4v) is 3.73. The zero-order valence-corrected chi connectivity index (χ0v) is 13.5. The molecule has 3 aromatic rings. The zero-order chi connectivity index (χ0) is 15.9. The molecule has 4 heterocycles. The summed E-state index contributed by atoms with van der Waals surface area (Å²) in [6.07, 6.45) is 1.90. The number of fused-ring (bicyclic) bond motifs is 1. The Balaban J connectivity index is 1.62. The van der Waals surface area contributed by atoms with Gasteiger partial charge in [-0.1, -0.05) is 12.1 Å². The Morgan fingerprint density at radius 2 is 2.17 bits per heavy atom. The number of piperidine rings is 1. The quantitative estimate of drug-likeness (QED) is 0.744. The Morgan fingerprint density at radius 1 is 1.35 bits per heavy atom. The van der Waals surface area contributed by atoms with Gasteiger partial charge in [0.25, 0.3) is 0 Å². The smallest absolute Gasteiger partial charge is 0.206 e. The number of H-pyrrole nitrogens is 1. The number of aromatic nitrogens is 6. The van der Waals surface area contributed by atoms with E-state index in [4.69, 9.17) is 4.98 Å². The van der Waals surface area contributed by atoms with Gasteiger partial charge >= 0.3 is 0 Å². The van der Waals surface area contributed by atoms with Crippen LogP contribution in [0.15, 0.2) is 11.4 Å². The number of nitrogens with zero attached hydrogens (tertiary/aromatic N) is 6. The molecule has 0 aliphatic carbocycles. The molecule has 9 heteroatoms. The van der Waals surface area contributed by atoms with E-state index in [1.165, 1.54) is 0 Å². The van der Waals surface area contributed by atoms with Crippen LogP contribution in [0.1, 0.15) is 31.4 Å². The van der Waals surface area contributed by atoms with Crippen molar-refractivity contribution in [2.75, 3.05) is 18.0 Å². The average Bonchev–Trinajstić information content (AvgIpc) is 3.26. The van der Waals surface area contributed by atoms with E-state index >= 15 is 0 Å². The van der Waals surface area contributed by atoms with Gasteiger partial charge in [0.2, 0.25) is 5.82 Å². The first-order valence-corrected chi connectivity index (χ1v) is 8.53. The second-order valence-electron chi connectivity index (χ2n) is 5.71. The van der Waals surface area contributed by atoms with Crippen LogP contribution in [0.3, 0.4) is 0 Å². The Kier molecular flexibility index (Phi) is 3.46. The molecule has 0 radical (unpaired) electrons. The number of rotatable bonds is 3. The number of aromatic amines is 1. The lowest BCUT2D eigenvalue weighted by Crippen LogP contribution is -2.43. The summed E-state index contributed by atoms with van der Waals surface area (Å²) in [5.41, 5.74) is -1.02. The number of aryl methyl sites for hydroxylation is 1. The van der Waals surface area contributed by atoms with Crippen LogP contribution in [0.25, 0.3) is 10.2 Å². The SMILES string of the molecule is CCc1nc(N2CCC(O)(c3nn[nH]n3)CC2)c2ccsc2n1. The summed E-state index contributed by atoms with van der Waals surface area (Å²) in [7, 11) is 0. The molecule has 0 amide bonds. The monoisotopic (exact) mass is 331 g/mol. The molecule has 0 unspecified atom stereocenters. The van der Waals surface area contributed by atoms with Crippen molar-refractivity contribution >= 4 is 27.4 Å². The summed E-state index contributed by atoms with van der Waals surface area (Å²) in [5, 5.41) is 27.7. The predicted molar refractivity (Wildman–Crippen MR) is 86.3 cm³/mol. The number of tetrazole rings is 1. The molecule has 0 saturated carbocycles. The molecule has 1 aliphatic rings. The summed E-state index contributed by atoms with van der Waals surface area (Å²) in [6, 6.07) is 2.06. The fourth-order valence-electron chi connectivity index (χ4n) is 2.95. The van der Waals surface area contributed by atoms with Gasteiger partial charge in [0.15, 0.2) is 0 Å². The van der Waals surface area contributed by atoms with Crippen molar-refractivity contribution in [3.63, 3.8) is 0 Å². The molecule has 0 bridgehead atoms. The molecular formula is C14H17N7OS. The van der Waals surface area contributed by atoms with Crippen molar-refractivity contribution in [2.45, 2.75) is 31.8 Å². The van der Waals surface area contributed by atoms with E-state index in [1.54, 1.807) is 11.3 Å². The van der Waals surface area contributed by atoms with Crippen LogP contribution in [0.5, 0.6) is 0 Å². The van der Waals surface area contributed by atoms with E-state index in [0.717, 1.165) is 28.3 Å². The third-order valence-corrected chi connectivity index (χ3v) is 5.13. The standard InChI is InChI=1S/C14H17N7OS/c1-2-10-15-11(9-3-8-23-12(9)16-10)21-6-4-14(22,5-7-21)13-17-19-20-18-13/h3,8,22H,2,4-7H2,1H3,(H,17,18,19,20). The lowest BCUT2D eigenvalue weighted by atomic mass is 9.90. The number of aliphatic hydroxyl groups is 1. The van der Waals surface area contributed by atoms with Crippen LogP contribution in [-0.2, 0) is 12.0 Å². The van der Waals surface area contributed by atoms with E-state index in [2.05, 4.69) is 43.5 Å². The topological polar surface area (TPSA) is 104 Å². The Labute approximate surface area is 136 Å². The predicted octanol–water partition coefficient (Wildman–Crippen LogP) is 1.25. The van der Waals surface area contributed by atoms with E-state index < -0.39 is 5.60 Å². The first kappa shape index (κ1) is 14.5. The second-order valence-corrected chi connectivity index (χ2v) is 6.61. The molecule has 3 aromatic heterocycles.